The second-order valence-electron chi connectivity index (χ2n) is 3.01. The van der Waals surface area contributed by atoms with E-state index >= 15 is 0 Å². The molecule has 0 amide bonds. The molecule has 2 aliphatic heterocycles. The molecule has 0 aliphatic carbocycles. The number of fused-ring (bicyclic) bond motifs is 1. The molecular formula is C12H12N2OS. The van der Waals surface area contributed by atoms with E-state index in [1.54, 1.807) is 30.5 Å². The predicted molar refractivity (Wildman–Crippen MR) is 67.0 cm³/mol. The van der Waals surface area contributed by atoms with E-state index in [1.165, 1.54) is 10.5 Å². The summed E-state index contributed by atoms with van der Waals surface area (Å²) in [5, 5.41) is 0. The van der Waals surface area contributed by atoms with Crippen LogP contribution in [0.2, 0.25) is 0 Å². The lowest BCUT2D eigenvalue weighted by Crippen LogP contribution is -2.01. The molecule has 0 radical (unpaired) electrons. The van der Waals surface area contributed by atoms with Crippen molar-refractivity contribution in [3.05, 3.63) is 60.6 Å². The van der Waals surface area contributed by atoms with Crippen LogP contribution in [0.1, 0.15) is 5.56 Å². The number of rotatable bonds is 0. The molecule has 1 aromatic rings. The molecule has 82 valence electrons. The van der Waals surface area contributed by atoms with Crippen LogP contribution < -0.4 is 10.2 Å². The van der Waals surface area contributed by atoms with Gasteiger partial charge in [-0.1, -0.05) is 18.2 Å². The third-order valence-electron chi connectivity index (χ3n) is 1.91. The zero-order valence-electron chi connectivity index (χ0n) is 8.59. The number of benzene rings is 1. The second kappa shape index (κ2) is 5.92. The summed E-state index contributed by atoms with van der Waals surface area (Å²) in [6.07, 6.45) is 11.0. The summed E-state index contributed by atoms with van der Waals surface area (Å²) in [6, 6.07) is 8.32. The monoisotopic (exact) mass is 232 g/mol. The summed E-state index contributed by atoms with van der Waals surface area (Å²) in [4.78, 5) is 5.85. The average Bonchev–Trinajstić information content (AvgIpc) is 2.42. The van der Waals surface area contributed by atoms with Crippen molar-refractivity contribution in [1.29, 1.82) is 0 Å². The van der Waals surface area contributed by atoms with E-state index in [1.807, 2.05) is 18.3 Å². The summed E-state index contributed by atoms with van der Waals surface area (Å²) < 4.78 is 3.08. The molecule has 0 saturated heterocycles. The Kier molecular flexibility index (Phi) is 3.96. The first-order valence-electron chi connectivity index (χ1n) is 4.87. The molecule has 0 aromatic heterocycles. The average molecular weight is 232 g/mol. The van der Waals surface area contributed by atoms with Crippen LogP contribution >= 0.6 is 11.9 Å². The Morgan fingerprint density at radius 2 is 2.00 bits per heavy atom. The maximum Gasteiger partial charge on any atom is 0.119 e. The normalized spacial score (nSPS) is 14.8. The van der Waals surface area contributed by atoms with Gasteiger partial charge in [-0.3, -0.25) is 0 Å². The molecule has 0 unspecified atom stereocenters. The molecule has 16 heavy (non-hydrogen) atoms. The molecule has 2 N–H and O–H groups in total. The van der Waals surface area contributed by atoms with Gasteiger partial charge in [-0.25, -0.2) is 5.48 Å². The summed E-state index contributed by atoms with van der Waals surface area (Å²) >= 11 is 1.65. The fourth-order valence-electron chi connectivity index (χ4n) is 1.19. The highest BCUT2D eigenvalue weighted by atomic mass is 32.2. The van der Waals surface area contributed by atoms with Crippen LogP contribution in [0.4, 0.5) is 0 Å². The van der Waals surface area contributed by atoms with Gasteiger partial charge in [0, 0.05) is 17.3 Å². The molecule has 2 aliphatic rings. The van der Waals surface area contributed by atoms with Crippen LogP contribution in [-0.4, -0.2) is 0 Å². The van der Waals surface area contributed by atoms with Gasteiger partial charge < -0.3 is 9.56 Å². The van der Waals surface area contributed by atoms with Crippen LogP contribution in [0, 0.1) is 0 Å². The van der Waals surface area contributed by atoms with Gasteiger partial charge in [0.1, 0.15) is 6.26 Å². The number of hydrogen-bond donors (Lipinski definition) is 2. The number of hydroxylamine groups is 1. The molecule has 0 saturated carbocycles. The quantitative estimate of drug-likeness (QED) is 0.674. The molecule has 3 nitrogen and oxygen atoms in total. The molecule has 2 heterocycles. The minimum Gasteiger partial charge on any atom is -0.391 e. The van der Waals surface area contributed by atoms with Crippen LogP contribution in [0.25, 0.3) is 6.08 Å². The summed E-state index contributed by atoms with van der Waals surface area (Å²) in [7, 11) is 0. The van der Waals surface area contributed by atoms with Crippen molar-refractivity contribution >= 4 is 18.0 Å². The highest BCUT2D eigenvalue weighted by Gasteiger charge is 2.00. The highest BCUT2D eigenvalue weighted by Crippen LogP contribution is 2.23. The Balaban J connectivity index is 0.000000138. The second-order valence-corrected chi connectivity index (χ2v) is 3.89. The SMILES string of the molecule is C1=CNOC=C1.C1=Cc2ccccc2SN1. The minimum atomic E-state index is 1.30. The maximum absolute atomic E-state index is 4.55. The van der Waals surface area contributed by atoms with E-state index in [4.69, 9.17) is 0 Å². The summed E-state index contributed by atoms with van der Waals surface area (Å²) in [6.45, 7) is 0. The first-order valence-corrected chi connectivity index (χ1v) is 5.69. The lowest BCUT2D eigenvalue weighted by Gasteiger charge is -2.08. The molecular weight excluding hydrogens is 220 g/mol. The van der Waals surface area contributed by atoms with E-state index in [-0.39, 0.29) is 0 Å². The van der Waals surface area contributed by atoms with E-state index in [2.05, 4.69) is 39.3 Å². The minimum absolute atomic E-state index is 1.30. The Morgan fingerprint density at radius 1 is 1.06 bits per heavy atom. The van der Waals surface area contributed by atoms with Crippen molar-refractivity contribution in [1.82, 2.24) is 10.2 Å². The van der Waals surface area contributed by atoms with Gasteiger partial charge in [-0.2, -0.15) is 0 Å². The third-order valence-corrected chi connectivity index (χ3v) is 2.75. The Labute approximate surface area is 99.0 Å². The molecule has 0 bridgehead atoms. The molecule has 3 rings (SSSR count). The van der Waals surface area contributed by atoms with Crippen LogP contribution in [0.3, 0.4) is 0 Å². The lowest BCUT2D eigenvalue weighted by atomic mass is 10.2. The van der Waals surface area contributed by atoms with Gasteiger partial charge >= 0.3 is 0 Å². The smallest absolute Gasteiger partial charge is 0.119 e. The third kappa shape index (κ3) is 3.10. The number of hydrogen-bond acceptors (Lipinski definition) is 4. The van der Waals surface area contributed by atoms with Crippen LogP contribution in [0.15, 0.2) is 60.0 Å². The van der Waals surface area contributed by atoms with E-state index < -0.39 is 0 Å². The fourth-order valence-corrected chi connectivity index (χ4v) is 1.85. The van der Waals surface area contributed by atoms with Gasteiger partial charge in [0.05, 0.1) is 0 Å². The predicted octanol–water partition coefficient (Wildman–Crippen LogP) is 2.82. The van der Waals surface area contributed by atoms with E-state index in [0.717, 1.165) is 0 Å². The van der Waals surface area contributed by atoms with Gasteiger partial charge in [0.15, 0.2) is 0 Å². The topological polar surface area (TPSA) is 33.3 Å². The highest BCUT2D eigenvalue weighted by molar-refractivity contribution is 7.97. The largest absolute Gasteiger partial charge is 0.391 e. The first-order chi connectivity index (χ1) is 7.97. The van der Waals surface area contributed by atoms with E-state index in [9.17, 15) is 0 Å². The van der Waals surface area contributed by atoms with Crippen LogP contribution in [-0.2, 0) is 4.84 Å². The Bertz CT molecular complexity index is 415. The molecule has 0 spiro atoms. The van der Waals surface area contributed by atoms with Crippen molar-refractivity contribution in [2.24, 2.45) is 0 Å². The van der Waals surface area contributed by atoms with Gasteiger partial charge in [0.25, 0.3) is 0 Å². The molecule has 1 aromatic carbocycles. The van der Waals surface area contributed by atoms with Crippen molar-refractivity contribution in [2.75, 3.05) is 0 Å². The van der Waals surface area contributed by atoms with Gasteiger partial charge in [-0.05, 0) is 41.8 Å². The molecule has 0 atom stereocenters. The molecule has 0 fully saturated rings. The fraction of sp³-hybridized carbons (Fsp3) is 0. The van der Waals surface area contributed by atoms with Crippen LogP contribution in [0.5, 0.6) is 0 Å². The first kappa shape index (κ1) is 10.7. The summed E-state index contributed by atoms with van der Waals surface area (Å²) in [5.74, 6) is 0. The Hall–Kier alpha value is -1.81. The van der Waals surface area contributed by atoms with Crippen molar-refractivity contribution < 1.29 is 4.84 Å². The zero-order valence-corrected chi connectivity index (χ0v) is 9.41. The van der Waals surface area contributed by atoms with E-state index in [0.29, 0.717) is 0 Å². The lowest BCUT2D eigenvalue weighted by molar-refractivity contribution is 0.172. The maximum atomic E-state index is 4.55. The molecule has 4 heteroatoms. The number of nitrogens with one attached hydrogen (secondary N) is 2. The van der Waals surface area contributed by atoms with Crippen molar-refractivity contribution in [3.63, 3.8) is 0 Å². The number of allylic oxidation sites excluding steroid dienone is 2. The standard InChI is InChI=1S/C8H7NS.C4H5NO/c1-2-4-8-7(3-1)5-6-9-10-8;1-2-4-6-5-3-1/h1-6,9H;1-5H. The van der Waals surface area contributed by atoms with Crippen molar-refractivity contribution in [3.8, 4) is 0 Å². The van der Waals surface area contributed by atoms with Crippen molar-refractivity contribution in [2.45, 2.75) is 4.90 Å². The van der Waals surface area contributed by atoms with Gasteiger partial charge in [-0.15, -0.1) is 0 Å². The zero-order chi connectivity index (χ0) is 11.1. The Morgan fingerprint density at radius 3 is 2.62 bits per heavy atom. The summed E-state index contributed by atoms with van der Waals surface area (Å²) in [5.41, 5.74) is 3.81. The van der Waals surface area contributed by atoms with Gasteiger partial charge in [0.2, 0.25) is 0 Å².